The number of unbranched alkanes of at least 4 members (excludes halogenated alkanes) is 3. The molecule has 2 heterocycles. The van der Waals surface area contributed by atoms with E-state index in [-0.39, 0.29) is 18.4 Å². The monoisotopic (exact) mass is 393 g/mol. The summed E-state index contributed by atoms with van der Waals surface area (Å²) in [5, 5.41) is 20.3. The molecule has 1 unspecified atom stereocenters. The molecule has 5 nitrogen and oxygen atoms in total. The molecule has 1 aromatic heterocycles. The minimum atomic E-state index is -0.726. The van der Waals surface area contributed by atoms with Gasteiger partial charge in [0.1, 0.15) is 0 Å². The predicted molar refractivity (Wildman–Crippen MR) is 107 cm³/mol. The zero-order chi connectivity index (χ0) is 19.2. The summed E-state index contributed by atoms with van der Waals surface area (Å²) in [5.41, 5.74) is 0. The van der Waals surface area contributed by atoms with E-state index in [1.807, 2.05) is 17.0 Å². The number of amides is 1. The van der Waals surface area contributed by atoms with Crippen molar-refractivity contribution in [2.24, 2.45) is 5.92 Å². The van der Waals surface area contributed by atoms with E-state index < -0.39 is 12.1 Å². The normalized spacial score (nSPS) is 21.9. The molecule has 0 radical (unpaired) electrons. The first-order valence-corrected chi connectivity index (χ1v) is 11.2. The van der Waals surface area contributed by atoms with Crippen molar-refractivity contribution >= 4 is 28.2 Å². The van der Waals surface area contributed by atoms with Crippen LogP contribution in [0.4, 0.5) is 5.00 Å². The number of carboxylic acids is 1. The number of carboxylic acid groups (broad SMARTS) is 1. The van der Waals surface area contributed by atoms with Gasteiger partial charge < -0.3 is 15.1 Å². The van der Waals surface area contributed by atoms with Crippen LogP contribution in [0.5, 0.6) is 0 Å². The lowest BCUT2D eigenvalue weighted by molar-refractivity contribution is -0.137. The van der Waals surface area contributed by atoms with E-state index in [9.17, 15) is 14.7 Å². The Kier molecular flexibility index (Phi) is 7.30. The fourth-order valence-corrected chi connectivity index (χ4v) is 5.64. The summed E-state index contributed by atoms with van der Waals surface area (Å²) in [6.07, 6.45) is 10.6. The molecule has 1 aliphatic heterocycles. The largest absolute Gasteiger partial charge is 0.481 e. The van der Waals surface area contributed by atoms with Crippen LogP contribution in [-0.4, -0.2) is 28.1 Å². The molecule has 1 saturated carbocycles. The number of thiophene rings is 1. The van der Waals surface area contributed by atoms with Gasteiger partial charge >= 0.3 is 5.97 Å². The zero-order valence-corrected chi connectivity index (χ0v) is 16.8. The highest BCUT2D eigenvalue weighted by atomic mass is 32.1. The first kappa shape index (κ1) is 20.3. The average molecular weight is 394 g/mol. The van der Waals surface area contributed by atoms with Crippen molar-refractivity contribution in [1.29, 1.82) is 0 Å². The lowest BCUT2D eigenvalue weighted by atomic mass is 10.00. The minimum absolute atomic E-state index is 0.189. The van der Waals surface area contributed by atoms with Gasteiger partial charge in [-0.2, -0.15) is 0 Å². The number of aliphatic carboxylic acids is 1. The Morgan fingerprint density at radius 2 is 1.89 bits per heavy atom. The van der Waals surface area contributed by atoms with E-state index in [2.05, 4.69) is 0 Å². The molecule has 1 saturated heterocycles. The molecule has 0 bridgehead atoms. The van der Waals surface area contributed by atoms with Crippen LogP contribution in [-0.2, 0) is 9.59 Å². The zero-order valence-electron chi connectivity index (χ0n) is 15.9. The summed E-state index contributed by atoms with van der Waals surface area (Å²) in [5.74, 6) is -0.169. The molecule has 1 amide bonds. The molecular formula is C21H31NO4S. The highest BCUT2D eigenvalue weighted by molar-refractivity contribution is 7.16. The number of carbonyl (C=O) groups is 2. The third-order valence-corrected chi connectivity index (χ3v) is 7.15. The average Bonchev–Trinajstić information content (AvgIpc) is 3.38. The summed E-state index contributed by atoms with van der Waals surface area (Å²) in [4.78, 5) is 25.9. The quantitative estimate of drug-likeness (QED) is 0.555. The van der Waals surface area contributed by atoms with Gasteiger partial charge in [-0.15, -0.1) is 11.3 Å². The van der Waals surface area contributed by atoms with Crippen LogP contribution in [0.3, 0.4) is 0 Å². The molecule has 6 heteroatoms. The summed E-state index contributed by atoms with van der Waals surface area (Å²) < 4.78 is 0. The number of carbonyl (C=O) groups excluding carboxylic acids is 1. The smallest absolute Gasteiger partial charge is 0.303 e. The third-order valence-electron chi connectivity index (χ3n) is 5.99. The number of hydrogen-bond donors (Lipinski definition) is 2. The third kappa shape index (κ3) is 5.32. The minimum Gasteiger partial charge on any atom is -0.481 e. The molecule has 1 aromatic rings. The van der Waals surface area contributed by atoms with Gasteiger partial charge in [-0.1, -0.05) is 32.1 Å². The van der Waals surface area contributed by atoms with Gasteiger partial charge in [0, 0.05) is 23.8 Å². The number of aliphatic hydroxyl groups excluding tert-OH is 1. The molecule has 2 aliphatic rings. The summed E-state index contributed by atoms with van der Waals surface area (Å²) in [6, 6.07) is 4.24. The molecule has 27 heavy (non-hydrogen) atoms. The summed E-state index contributed by atoms with van der Waals surface area (Å²) >= 11 is 1.57. The number of anilines is 1. The first-order chi connectivity index (χ1) is 13.1. The fraction of sp³-hybridized carbons (Fsp3) is 0.714. The van der Waals surface area contributed by atoms with Crippen molar-refractivity contribution in [2.45, 2.75) is 89.2 Å². The Morgan fingerprint density at radius 3 is 2.63 bits per heavy atom. The Balaban J connectivity index is 1.52. The van der Waals surface area contributed by atoms with Crippen LogP contribution < -0.4 is 4.90 Å². The lowest BCUT2D eigenvalue weighted by Crippen LogP contribution is -2.32. The standard InChI is InChI=1S/C21H31NO4S/c23-18-13-11-16(9-3-1-2-4-10-20(24)25)22(18)19-14-12-17(27-19)21(26)15-7-5-6-8-15/h12,14-16,21,26H,1-11,13H2,(H,24,25)/t16-,21?/m0/s1. The van der Waals surface area contributed by atoms with Crippen LogP contribution in [0.1, 0.15) is 88.0 Å². The van der Waals surface area contributed by atoms with Gasteiger partial charge in [-0.05, 0) is 50.2 Å². The Labute approximate surface area is 165 Å². The van der Waals surface area contributed by atoms with E-state index in [0.29, 0.717) is 12.3 Å². The maximum Gasteiger partial charge on any atom is 0.303 e. The maximum absolute atomic E-state index is 12.4. The molecule has 150 valence electrons. The molecule has 0 spiro atoms. The molecule has 2 N–H and O–H groups in total. The Hall–Kier alpha value is -1.40. The SMILES string of the molecule is O=C(O)CCCCCC[C@H]1CCC(=O)N1c1ccc(C(O)C2CCCC2)s1. The Bertz CT molecular complexity index is 638. The van der Waals surface area contributed by atoms with Crippen molar-refractivity contribution in [1.82, 2.24) is 0 Å². The maximum atomic E-state index is 12.4. The number of aliphatic hydroxyl groups is 1. The second-order valence-electron chi connectivity index (χ2n) is 7.97. The highest BCUT2D eigenvalue weighted by Gasteiger charge is 2.33. The Morgan fingerprint density at radius 1 is 1.15 bits per heavy atom. The molecule has 0 aromatic carbocycles. The summed E-state index contributed by atoms with van der Waals surface area (Å²) in [6.45, 7) is 0. The predicted octanol–water partition coefficient (Wildman–Crippen LogP) is 4.89. The van der Waals surface area contributed by atoms with E-state index >= 15 is 0 Å². The highest BCUT2D eigenvalue weighted by Crippen LogP contribution is 2.41. The number of rotatable bonds is 10. The molecule has 2 atom stereocenters. The van der Waals surface area contributed by atoms with Gasteiger partial charge in [0.15, 0.2) is 0 Å². The van der Waals surface area contributed by atoms with E-state index in [0.717, 1.165) is 61.2 Å². The molecular weight excluding hydrogens is 362 g/mol. The second-order valence-corrected chi connectivity index (χ2v) is 9.06. The van der Waals surface area contributed by atoms with Crippen molar-refractivity contribution in [3.8, 4) is 0 Å². The van der Waals surface area contributed by atoms with Crippen molar-refractivity contribution in [3.63, 3.8) is 0 Å². The molecule has 3 rings (SSSR count). The van der Waals surface area contributed by atoms with Gasteiger partial charge in [0.05, 0.1) is 11.1 Å². The van der Waals surface area contributed by atoms with Crippen LogP contribution in [0, 0.1) is 5.92 Å². The van der Waals surface area contributed by atoms with E-state index in [1.54, 1.807) is 11.3 Å². The van der Waals surface area contributed by atoms with Gasteiger partial charge in [0.2, 0.25) is 5.91 Å². The van der Waals surface area contributed by atoms with Crippen LogP contribution in [0.15, 0.2) is 12.1 Å². The van der Waals surface area contributed by atoms with E-state index in [4.69, 9.17) is 5.11 Å². The number of hydrogen-bond acceptors (Lipinski definition) is 4. The fourth-order valence-electron chi connectivity index (χ4n) is 4.47. The van der Waals surface area contributed by atoms with Crippen molar-refractivity contribution in [2.75, 3.05) is 4.90 Å². The van der Waals surface area contributed by atoms with Gasteiger partial charge in [-0.3, -0.25) is 9.59 Å². The molecule has 1 aliphatic carbocycles. The van der Waals surface area contributed by atoms with Crippen LogP contribution in [0.25, 0.3) is 0 Å². The van der Waals surface area contributed by atoms with Gasteiger partial charge in [-0.25, -0.2) is 0 Å². The van der Waals surface area contributed by atoms with E-state index in [1.165, 1.54) is 12.8 Å². The molecule has 2 fully saturated rings. The van der Waals surface area contributed by atoms with Crippen molar-refractivity contribution in [3.05, 3.63) is 17.0 Å². The topological polar surface area (TPSA) is 77.8 Å². The van der Waals surface area contributed by atoms with Crippen LogP contribution >= 0.6 is 11.3 Å². The van der Waals surface area contributed by atoms with Crippen LogP contribution in [0.2, 0.25) is 0 Å². The van der Waals surface area contributed by atoms with Gasteiger partial charge in [0.25, 0.3) is 0 Å². The second kappa shape index (κ2) is 9.69. The van der Waals surface area contributed by atoms with Crippen molar-refractivity contribution < 1.29 is 19.8 Å². The number of nitrogens with zero attached hydrogens (tertiary/aromatic N) is 1. The first-order valence-electron chi connectivity index (χ1n) is 10.4. The summed E-state index contributed by atoms with van der Waals surface area (Å²) in [7, 11) is 0. The lowest BCUT2D eigenvalue weighted by Gasteiger charge is -2.23.